The van der Waals surface area contributed by atoms with Crippen LogP contribution in [-0.4, -0.2) is 10.5 Å². The lowest BCUT2D eigenvalue weighted by molar-refractivity contribution is 0.625. The molecule has 3 N–H and O–H groups in total. The second kappa shape index (κ2) is 16.0. The van der Waals surface area contributed by atoms with Crippen molar-refractivity contribution < 1.29 is 5.48 Å². The van der Waals surface area contributed by atoms with E-state index in [1.165, 1.54) is 88.9 Å². The highest BCUT2D eigenvalue weighted by atomic mass is 31.1. The summed E-state index contributed by atoms with van der Waals surface area (Å²) in [4.78, 5) is 3.38. The van der Waals surface area contributed by atoms with E-state index in [4.69, 9.17) is 0 Å². The van der Waals surface area contributed by atoms with Crippen molar-refractivity contribution in [2.75, 3.05) is 0 Å². The Kier molecular flexibility index (Phi) is 11.4. The summed E-state index contributed by atoms with van der Waals surface area (Å²) in [6.45, 7) is 2.27. The van der Waals surface area contributed by atoms with E-state index in [0.29, 0.717) is 5.92 Å². The van der Waals surface area contributed by atoms with E-state index < -0.39 is 0 Å². The Balaban J connectivity index is 0.000000135. The van der Waals surface area contributed by atoms with Gasteiger partial charge in [0.15, 0.2) is 0 Å². The maximum atomic E-state index is 3.38. The first-order valence-corrected chi connectivity index (χ1v) is 16.7. The molecule has 0 atom stereocenters. The van der Waals surface area contributed by atoms with Gasteiger partial charge in [-0.3, -0.25) is 0 Å². The van der Waals surface area contributed by atoms with E-state index in [1.807, 2.05) is 12.1 Å². The maximum Gasteiger partial charge on any atom is 0.0464 e. The Bertz CT molecular complexity index is 1780. The van der Waals surface area contributed by atoms with E-state index in [0.717, 1.165) is 0 Å². The standard InChI is InChI=1S/C18H20.C12H9N.C12H10P.H2O/c1-2-3-4-9-14-15-10-5-7-12-17(15)18-13-8-6-11-16(14)18;1-3-7-11-9(5-1)10-6-2-4-8-12(10)13-11;1-3-7-11(8-4-1)13-12-9-5-2-6-10-12;/h5-8,10-14H,2-4,9H2,1H3;1-8,13H;1-10H;1H2. The smallest absolute Gasteiger partial charge is 0.0464 e. The van der Waals surface area contributed by atoms with Crippen LogP contribution in [0.2, 0.25) is 0 Å². The third-order valence-electron chi connectivity index (χ3n) is 8.24. The van der Waals surface area contributed by atoms with Crippen molar-refractivity contribution in [3.8, 4) is 11.1 Å². The first kappa shape index (κ1) is 31.9. The van der Waals surface area contributed by atoms with Crippen LogP contribution in [-0.2, 0) is 0 Å². The molecule has 0 bridgehead atoms. The lowest BCUT2D eigenvalue weighted by atomic mass is 9.91. The molecule has 45 heavy (non-hydrogen) atoms. The molecule has 2 nitrogen and oxygen atoms in total. The molecule has 0 saturated heterocycles. The van der Waals surface area contributed by atoms with Crippen LogP contribution in [0.5, 0.6) is 0 Å². The number of fused-ring (bicyclic) bond motifs is 6. The molecule has 0 unspecified atom stereocenters. The Labute approximate surface area is 269 Å². The van der Waals surface area contributed by atoms with E-state index in [1.54, 1.807) is 0 Å². The van der Waals surface area contributed by atoms with Crippen LogP contribution >= 0.6 is 8.58 Å². The van der Waals surface area contributed by atoms with Gasteiger partial charge in [-0.1, -0.05) is 172 Å². The van der Waals surface area contributed by atoms with Gasteiger partial charge in [-0.2, -0.15) is 0 Å². The van der Waals surface area contributed by atoms with Crippen molar-refractivity contribution in [2.45, 2.75) is 38.5 Å². The summed E-state index contributed by atoms with van der Waals surface area (Å²) < 4.78 is 0. The van der Waals surface area contributed by atoms with Gasteiger partial charge in [-0.05, 0) is 60.0 Å². The van der Waals surface area contributed by atoms with E-state index in [2.05, 4.69) is 158 Å². The normalized spacial score (nSPS) is 11.4. The van der Waals surface area contributed by atoms with Crippen LogP contribution in [0.4, 0.5) is 0 Å². The van der Waals surface area contributed by atoms with Crippen molar-refractivity contribution in [1.29, 1.82) is 0 Å². The fraction of sp³-hybridized carbons (Fsp3) is 0.143. The molecule has 8 rings (SSSR count). The van der Waals surface area contributed by atoms with E-state index in [9.17, 15) is 0 Å². The molecule has 1 aliphatic carbocycles. The molecular formula is C42H41NOP. The van der Waals surface area contributed by atoms with Crippen molar-refractivity contribution in [1.82, 2.24) is 4.98 Å². The number of aromatic nitrogens is 1. The van der Waals surface area contributed by atoms with Gasteiger partial charge in [-0.15, -0.1) is 0 Å². The highest BCUT2D eigenvalue weighted by Gasteiger charge is 2.27. The molecule has 6 aromatic carbocycles. The molecule has 1 aliphatic rings. The van der Waals surface area contributed by atoms with Gasteiger partial charge in [-0.25, -0.2) is 0 Å². The fourth-order valence-corrected chi connectivity index (χ4v) is 7.06. The summed E-state index contributed by atoms with van der Waals surface area (Å²) >= 11 is 0. The monoisotopic (exact) mass is 606 g/mol. The average molecular weight is 607 g/mol. The van der Waals surface area contributed by atoms with Crippen molar-refractivity contribution in [3.63, 3.8) is 0 Å². The molecule has 0 spiro atoms. The predicted octanol–water partition coefficient (Wildman–Crippen LogP) is 10.5. The summed E-state index contributed by atoms with van der Waals surface area (Å²) in [5.74, 6) is 0.629. The lowest BCUT2D eigenvalue weighted by Gasteiger charge is -2.13. The van der Waals surface area contributed by atoms with Gasteiger partial charge in [0.05, 0.1) is 0 Å². The zero-order valence-corrected chi connectivity index (χ0v) is 26.8. The summed E-state index contributed by atoms with van der Waals surface area (Å²) in [7, 11) is 1.28. The first-order valence-electron chi connectivity index (χ1n) is 15.8. The van der Waals surface area contributed by atoms with Gasteiger partial charge in [0.1, 0.15) is 0 Å². The minimum absolute atomic E-state index is 0. The molecule has 225 valence electrons. The molecule has 0 aliphatic heterocycles. The number of unbranched alkanes of at least 4 members (excludes halogenated alkanes) is 2. The van der Waals surface area contributed by atoms with E-state index in [-0.39, 0.29) is 5.48 Å². The number of para-hydroxylation sites is 2. The second-order valence-electron chi connectivity index (χ2n) is 11.2. The molecule has 1 radical (unpaired) electrons. The van der Waals surface area contributed by atoms with Gasteiger partial charge in [0, 0.05) is 27.7 Å². The molecule has 1 aromatic heterocycles. The van der Waals surface area contributed by atoms with Crippen LogP contribution in [0.25, 0.3) is 32.9 Å². The van der Waals surface area contributed by atoms with Crippen LogP contribution in [0, 0.1) is 0 Å². The SMILES string of the molecule is CCCCCC1c2ccccc2-c2ccccc21.O.c1ccc([P]c2ccccc2)cc1.c1ccc2c(c1)[nH]c1ccccc12. The Morgan fingerprint density at radius 3 is 1.40 bits per heavy atom. The summed E-state index contributed by atoms with van der Waals surface area (Å²) in [6.07, 6.45) is 5.28. The summed E-state index contributed by atoms with van der Waals surface area (Å²) in [6, 6.07) is 55.6. The number of nitrogens with one attached hydrogen (secondary N) is 1. The minimum Gasteiger partial charge on any atom is -0.412 e. The Hall–Kier alpha value is -4.49. The van der Waals surface area contributed by atoms with Gasteiger partial charge in [0.2, 0.25) is 0 Å². The highest BCUT2D eigenvalue weighted by molar-refractivity contribution is 7.55. The maximum absolute atomic E-state index is 3.38. The Morgan fingerprint density at radius 2 is 0.911 bits per heavy atom. The van der Waals surface area contributed by atoms with Gasteiger partial charge >= 0.3 is 0 Å². The number of aromatic amines is 1. The van der Waals surface area contributed by atoms with Gasteiger partial charge < -0.3 is 10.5 Å². The largest absolute Gasteiger partial charge is 0.412 e. The quantitative estimate of drug-likeness (QED) is 0.145. The number of H-pyrrole nitrogens is 1. The predicted molar refractivity (Wildman–Crippen MR) is 196 cm³/mol. The minimum atomic E-state index is 0. The van der Waals surface area contributed by atoms with Crippen LogP contribution in [0.3, 0.4) is 0 Å². The first-order chi connectivity index (χ1) is 21.8. The number of hydrogen-bond donors (Lipinski definition) is 1. The molecule has 7 aromatic rings. The van der Waals surface area contributed by atoms with Crippen LogP contribution in [0.1, 0.15) is 49.7 Å². The zero-order valence-electron chi connectivity index (χ0n) is 25.9. The topological polar surface area (TPSA) is 47.3 Å². The number of benzene rings is 6. The molecule has 3 heteroatoms. The number of rotatable bonds is 6. The highest BCUT2D eigenvalue weighted by Crippen LogP contribution is 2.46. The molecular weight excluding hydrogens is 565 g/mol. The van der Waals surface area contributed by atoms with Crippen LogP contribution < -0.4 is 10.6 Å². The Morgan fingerprint density at radius 1 is 0.489 bits per heavy atom. The molecule has 0 amide bonds. The fourth-order valence-electron chi connectivity index (χ4n) is 6.12. The summed E-state index contributed by atoms with van der Waals surface area (Å²) in [5.41, 5.74) is 8.40. The number of hydrogen-bond acceptors (Lipinski definition) is 0. The molecule has 1 heterocycles. The van der Waals surface area contributed by atoms with Crippen LogP contribution in [0.15, 0.2) is 158 Å². The zero-order chi connectivity index (χ0) is 30.0. The second-order valence-corrected chi connectivity index (χ2v) is 12.5. The molecule has 0 saturated carbocycles. The van der Waals surface area contributed by atoms with Crippen molar-refractivity contribution >= 4 is 41.0 Å². The third kappa shape index (κ3) is 7.78. The third-order valence-corrected chi connectivity index (χ3v) is 9.36. The van der Waals surface area contributed by atoms with Crippen molar-refractivity contribution in [2.24, 2.45) is 0 Å². The average Bonchev–Trinajstić information content (AvgIpc) is 3.62. The molecule has 0 fully saturated rings. The van der Waals surface area contributed by atoms with Gasteiger partial charge in [0.25, 0.3) is 0 Å². The van der Waals surface area contributed by atoms with E-state index >= 15 is 0 Å². The van der Waals surface area contributed by atoms with Crippen molar-refractivity contribution in [3.05, 3.63) is 169 Å². The lowest BCUT2D eigenvalue weighted by Crippen LogP contribution is -2.01. The summed E-state index contributed by atoms with van der Waals surface area (Å²) in [5, 5.41) is 5.29.